The Morgan fingerprint density at radius 3 is 2.62 bits per heavy atom. The Bertz CT molecular complexity index is 1020. The SMILES string of the molecule is COc1cc(/C=N/Nc2cccc(C(=O)O)c2)c(Br)cc1OCc1ccccc1. The van der Waals surface area contributed by atoms with E-state index in [0.29, 0.717) is 23.8 Å². The van der Waals surface area contributed by atoms with Crippen LogP contribution in [0.5, 0.6) is 11.5 Å². The summed E-state index contributed by atoms with van der Waals surface area (Å²) >= 11 is 3.52. The second-order valence-corrected chi connectivity index (χ2v) is 6.91. The highest BCUT2D eigenvalue weighted by Crippen LogP contribution is 2.33. The van der Waals surface area contributed by atoms with Gasteiger partial charge >= 0.3 is 5.97 Å². The zero-order valence-corrected chi connectivity index (χ0v) is 17.2. The van der Waals surface area contributed by atoms with E-state index < -0.39 is 5.97 Å². The molecule has 0 aliphatic carbocycles. The molecule has 0 radical (unpaired) electrons. The molecule has 2 N–H and O–H groups in total. The molecule has 0 amide bonds. The van der Waals surface area contributed by atoms with Crippen molar-refractivity contribution in [2.75, 3.05) is 12.5 Å². The second kappa shape index (κ2) is 9.75. The molecular weight excluding hydrogens is 436 g/mol. The van der Waals surface area contributed by atoms with E-state index in [-0.39, 0.29) is 5.56 Å². The highest BCUT2D eigenvalue weighted by atomic mass is 79.9. The van der Waals surface area contributed by atoms with Crippen molar-refractivity contribution >= 4 is 33.8 Å². The molecule has 0 heterocycles. The summed E-state index contributed by atoms with van der Waals surface area (Å²) in [5.74, 6) is 0.206. The Labute approximate surface area is 176 Å². The number of ether oxygens (including phenoxy) is 2. The number of nitrogens with one attached hydrogen (secondary N) is 1. The molecule has 7 heteroatoms. The number of carboxylic acid groups (broad SMARTS) is 1. The minimum atomic E-state index is -0.990. The molecular formula is C22H19BrN2O4. The number of benzene rings is 3. The summed E-state index contributed by atoms with van der Waals surface area (Å²) in [6.45, 7) is 0.429. The van der Waals surface area contributed by atoms with Gasteiger partial charge in [0, 0.05) is 10.0 Å². The summed E-state index contributed by atoms with van der Waals surface area (Å²) in [5.41, 5.74) is 5.42. The van der Waals surface area contributed by atoms with Gasteiger partial charge in [-0.2, -0.15) is 5.10 Å². The first-order chi connectivity index (χ1) is 14.1. The first-order valence-corrected chi connectivity index (χ1v) is 9.53. The normalized spacial score (nSPS) is 10.7. The van der Waals surface area contributed by atoms with Gasteiger partial charge in [0.15, 0.2) is 11.5 Å². The Balaban J connectivity index is 1.72. The minimum absolute atomic E-state index is 0.188. The van der Waals surface area contributed by atoms with Gasteiger partial charge in [-0.15, -0.1) is 0 Å². The van der Waals surface area contributed by atoms with E-state index in [1.807, 2.05) is 42.5 Å². The summed E-state index contributed by atoms with van der Waals surface area (Å²) in [6.07, 6.45) is 1.61. The van der Waals surface area contributed by atoms with Gasteiger partial charge in [0.25, 0.3) is 0 Å². The standard InChI is InChI=1S/C22H19BrN2O4/c1-28-20-11-17(13-24-25-18-9-5-8-16(10-18)22(26)27)19(23)12-21(20)29-14-15-6-3-2-4-7-15/h2-13,25H,14H2,1H3,(H,26,27)/b24-13+. The van der Waals surface area contributed by atoms with Gasteiger partial charge in [-0.25, -0.2) is 4.79 Å². The maximum Gasteiger partial charge on any atom is 0.335 e. The van der Waals surface area contributed by atoms with Crippen molar-refractivity contribution in [2.45, 2.75) is 6.61 Å². The van der Waals surface area contributed by atoms with Crippen molar-refractivity contribution in [3.05, 3.63) is 87.9 Å². The van der Waals surface area contributed by atoms with Crippen LogP contribution in [-0.2, 0) is 6.61 Å². The number of carbonyl (C=O) groups is 1. The number of halogens is 1. The molecule has 0 unspecified atom stereocenters. The van der Waals surface area contributed by atoms with Crippen molar-refractivity contribution < 1.29 is 19.4 Å². The molecule has 0 aliphatic rings. The number of hydrogen-bond acceptors (Lipinski definition) is 5. The molecule has 148 valence electrons. The number of rotatable bonds is 8. The molecule has 0 bridgehead atoms. The van der Waals surface area contributed by atoms with Gasteiger partial charge in [0.05, 0.1) is 24.6 Å². The van der Waals surface area contributed by atoms with Gasteiger partial charge in [-0.05, 0) is 51.8 Å². The lowest BCUT2D eigenvalue weighted by Crippen LogP contribution is -2.00. The molecule has 0 fully saturated rings. The smallest absolute Gasteiger partial charge is 0.335 e. The van der Waals surface area contributed by atoms with Crippen LogP contribution in [0.25, 0.3) is 0 Å². The van der Waals surface area contributed by atoms with Crippen molar-refractivity contribution in [3.63, 3.8) is 0 Å². The van der Waals surface area contributed by atoms with Crippen LogP contribution in [0.3, 0.4) is 0 Å². The molecule has 0 spiro atoms. The van der Waals surface area contributed by atoms with E-state index in [2.05, 4.69) is 26.5 Å². The van der Waals surface area contributed by atoms with Crippen LogP contribution in [0, 0.1) is 0 Å². The maximum absolute atomic E-state index is 11.0. The van der Waals surface area contributed by atoms with Crippen LogP contribution in [0.15, 0.2) is 76.3 Å². The average molecular weight is 455 g/mol. The number of anilines is 1. The zero-order valence-electron chi connectivity index (χ0n) is 15.6. The fourth-order valence-electron chi connectivity index (χ4n) is 2.56. The van der Waals surface area contributed by atoms with E-state index in [0.717, 1.165) is 15.6 Å². The number of carboxylic acids is 1. The van der Waals surface area contributed by atoms with Gasteiger partial charge < -0.3 is 14.6 Å². The molecule has 3 aromatic rings. The van der Waals surface area contributed by atoms with E-state index in [9.17, 15) is 4.79 Å². The Kier molecular flexibility index (Phi) is 6.86. The number of aromatic carboxylic acids is 1. The third-order valence-corrected chi connectivity index (χ3v) is 4.71. The van der Waals surface area contributed by atoms with E-state index in [1.54, 1.807) is 25.5 Å². The van der Waals surface area contributed by atoms with E-state index in [4.69, 9.17) is 14.6 Å². The second-order valence-electron chi connectivity index (χ2n) is 6.05. The molecule has 0 atom stereocenters. The first-order valence-electron chi connectivity index (χ1n) is 8.73. The number of methoxy groups -OCH3 is 1. The molecule has 6 nitrogen and oxygen atoms in total. The van der Waals surface area contributed by atoms with E-state index in [1.165, 1.54) is 12.1 Å². The van der Waals surface area contributed by atoms with Crippen molar-refractivity contribution in [1.29, 1.82) is 0 Å². The van der Waals surface area contributed by atoms with Crippen molar-refractivity contribution in [2.24, 2.45) is 5.10 Å². The third-order valence-electron chi connectivity index (χ3n) is 4.03. The maximum atomic E-state index is 11.0. The number of nitrogens with zero attached hydrogens (tertiary/aromatic N) is 1. The Hall–Kier alpha value is -3.32. The average Bonchev–Trinajstić information content (AvgIpc) is 2.74. The Morgan fingerprint density at radius 2 is 1.90 bits per heavy atom. The molecule has 0 aromatic heterocycles. The van der Waals surface area contributed by atoms with E-state index >= 15 is 0 Å². The lowest BCUT2D eigenvalue weighted by Gasteiger charge is -2.13. The summed E-state index contributed by atoms with van der Waals surface area (Å²) in [4.78, 5) is 11.0. The van der Waals surface area contributed by atoms with Gasteiger partial charge in [-0.3, -0.25) is 5.43 Å². The lowest BCUT2D eigenvalue weighted by molar-refractivity contribution is 0.0697. The molecule has 0 saturated carbocycles. The largest absolute Gasteiger partial charge is 0.493 e. The van der Waals surface area contributed by atoms with Crippen LogP contribution >= 0.6 is 15.9 Å². The monoisotopic (exact) mass is 454 g/mol. The highest BCUT2D eigenvalue weighted by molar-refractivity contribution is 9.10. The Morgan fingerprint density at radius 1 is 1.10 bits per heavy atom. The fraction of sp³-hybridized carbons (Fsp3) is 0.0909. The van der Waals surface area contributed by atoms with Gasteiger partial charge in [0.2, 0.25) is 0 Å². The van der Waals surface area contributed by atoms with Gasteiger partial charge in [-0.1, -0.05) is 36.4 Å². The van der Waals surface area contributed by atoms with Crippen LogP contribution in [0.1, 0.15) is 21.5 Å². The quantitative estimate of drug-likeness (QED) is 0.362. The summed E-state index contributed by atoms with van der Waals surface area (Å²) in [5, 5.41) is 13.2. The van der Waals surface area contributed by atoms with Gasteiger partial charge in [0.1, 0.15) is 6.61 Å². The van der Waals surface area contributed by atoms with Crippen LogP contribution in [0.2, 0.25) is 0 Å². The number of hydrogen-bond donors (Lipinski definition) is 2. The van der Waals surface area contributed by atoms with Crippen molar-refractivity contribution in [1.82, 2.24) is 0 Å². The first kappa shape index (κ1) is 20.4. The molecule has 3 aromatic carbocycles. The van der Waals surface area contributed by atoms with Crippen LogP contribution < -0.4 is 14.9 Å². The zero-order chi connectivity index (χ0) is 20.6. The molecule has 0 aliphatic heterocycles. The predicted octanol–water partition coefficient (Wildman–Crippen LogP) is 5.18. The summed E-state index contributed by atoms with van der Waals surface area (Å²) in [7, 11) is 1.58. The lowest BCUT2D eigenvalue weighted by atomic mass is 10.2. The predicted molar refractivity (Wildman–Crippen MR) is 116 cm³/mol. The number of hydrazone groups is 1. The fourth-order valence-corrected chi connectivity index (χ4v) is 2.98. The van der Waals surface area contributed by atoms with Crippen LogP contribution in [0.4, 0.5) is 5.69 Å². The minimum Gasteiger partial charge on any atom is -0.493 e. The molecule has 29 heavy (non-hydrogen) atoms. The molecule has 3 rings (SSSR count). The molecule has 0 saturated heterocycles. The summed E-state index contributed by atoms with van der Waals surface area (Å²) in [6, 6.07) is 19.9. The van der Waals surface area contributed by atoms with Crippen molar-refractivity contribution in [3.8, 4) is 11.5 Å². The topological polar surface area (TPSA) is 80.2 Å². The van der Waals surface area contributed by atoms with Crippen LogP contribution in [-0.4, -0.2) is 24.4 Å². The highest BCUT2D eigenvalue weighted by Gasteiger charge is 2.10. The summed E-state index contributed by atoms with van der Waals surface area (Å²) < 4.78 is 12.1. The third kappa shape index (κ3) is 5.58.